The average Bonchev–Trinajstić information content (AvgIpc) is 3.42. The summed E-state index contributed by atoms with van der Waals surface area (Å²) in [5, 5.41) is 5.63. The Kier molecular flexibility index (Phi) is 6.21. The molecule has 154 valence electrons. The number of carbonyl (C=O) groups excluding carboxylic acids is 1. The van der Waals surface area contributed by atoms with Gasteiger partial charge in [-0.1, -0.05) is 6.07 Å². The molecule has 7 heteroatoms. The van der Waals surface area contributed by atoms with Gasteiger partial charge < -0.3 is 15.1 Å². The number of nitrogens with one attached hydrogen (secondary N) is 1. The lowest BCUT2D eigenvalue weighted by Gasteiger charge is -2.48. The van der Waals surface area contributed by atoms with Crippen molar-refractivity contribution in [3.05, 3.63) is 22.4 Å². The van der Waals surface area contributed by atoms with Crippen LogP contribution >= 0.6 is 11.3 Å². The van der Waals surface area contributed by atoms with Crippen molar-refractivity contribution < 1.29 is 4.79 Å². The van der Waals surface area contributed by atoms with Crippen LogP contribution < -0.4 is 5.32 Å². The Bertz CT molecular complexity index is 685. The molecule has 3 fully saturated rings. The number of hydrogen-bond donors (Lipinski definition) is 1. The molecule has 1 aromatic rings. The summed E-state index contributed by atoms with van der Waals surface area (Å²) in [5.74, 6) is 1.66. The molecule has 4 rings (SSSR count). The number of hydrogen-bond acceptors (Lipinski definition) is 4. The second-order valence-corrected chi connectivity index (χ2v) is 9.57. The number of aliphatic imine (C=N–C) groups is 1. The molecule has 0 aromatic carbocycles. The van der Waals surface area contributed by atoms with E-state index in [0.29, 0.717) is 0 Å². The maximum Gasteiger partial charge on any atom is 0.243 e. The van der Waals surface area contributed by atoms with Crippen molar-refractivity contribution in [1.29, 1.82) is 0 Å². The lowest BCUT2D eigenvalue weighted by Crippen LogP contribution is -2.57. The van der Waals surface area contributed by atoms with Gasteiger partial charge in [0, 0.05) is 44.1 Å². The zero-order valence-electron chi connectivity index (χ0n) is 17.1. The highest BCUT2D eigenvalue weighted by Crippen LogP contribution is 2.38. The minimum Gasteiger partial charge on any atom is -0.351 e. The fraction of sp³-hybridized carbons (Fsp3) is 0.714. The molecular formula is C21H33N5OS. The predicted octanol–water partition coefficient (Wildman–Crippen LogP) is 2.23. The zero-order valence-corrected chi connectivity index (χ0v) is 18.0. The molecule has 2 saturated heterocycles. The topological polar surface area (TPSA) is 51.2 Å². The van der Waals surface area contributed by atoms with Crippen LogP contribution in [0.4, 0.5) is 0 Å². The Morgan fingerprint density at radius 3 is 2.86 bits per heavy atom. The lowest BCUT2D eigenvalue weighted by atomic mass is 9.83. The number of rotatable bonds is 5. The van der Waals surface area contributed by atoms with E-state index in [4.69, 9.17) is 4.99 Å². The molecule has 0 bridgehead atoms. The van der Waals surface area contributed by atoms with Gasteiger partial charge in [0.1, 0.15) is 6.54 Å². The van der Waals surface area contributed by atoms with Gasteiger partial charge in [0.15, 0.2) is 5.96 Å². The maximum atomic E-state index is 12.1. The van der Waals surface area contributed by atoms with Crippen molar-refractivity contribution in [2.45, 2.75) is 50.7 Å². The Morgan fingerprint density at radius 1 is 1.29 bits per heavy atom. The van der Waals surface area contributed by atoms with Crippen molar-refractivity contribution in [1.82, 2.24) is 20.0 Å². The number of guanidine groups is 1. The minimum absolute atomic E-state index is 0.0443. The van der Waals surface area contributed by atoms with E-state index in [-0.39, 0.29) is 12.5 Å². The third kappa shape index (κ3) is 4.69. The third-order valence-corrected chi connectivity index (χ3v) is 7.17. The van der Waals surface area contributed by atoms with Crippen LogP contribution in [0.2, 0.25) is 0 Å². The first-order valence-electron chi connectivity index (χ1n) is 10.6. The largest absolute Gasteiger partial charge is 0.351 e. The predicted molar refractivity (Wildman–Crippen MR) is 115 cm³/mol. The Hall–Kier alpha value is -1.60. The summed E-state index contributed by atoms with van der Waals surface area (Å²) < 4.78 is 0. The first-order valence-corrected chi connectivity index (χ1v) is 11.5. The summed E-state index contributed by atoms with van der Waals surface area (Å²) in [4.78, 5) is 24.9. The van der Waals surface area contributed by atoms with E-state index in [9.17, 15) is 4.79 Å². The van der Waals surface area contributed by atoms with Gasteiger partial charge in [-0.25, -0.2) is 4.99 Å². The molecule has 2 aliphatic heterocycles. The highest BCUT2D eigenvalue weighted by atomic mass is 32.1. The van der Waals surface area contributed by atoms with Crippen LogP contribution in [0.1, 0.15) is 37.0 Å². The molecule has 3 aliphatic rings. The highest BCUT2D eigenvalue weighted by Gasteiger charge is 2.42. The van der Waals surface area contributed by atoms with Crippen LogP contribution in [-0.2, 0) is 11.3 Å². The summed E-state index contributed by atoms with van der Waals surface area (Å²) in [7, 11) is 3.58. The molecule has 1 amide bonds. The van der Waals surface area contributed by atoms with E-state index in [1.807, 2.05) is 0 Å². The van der Waals surface area contributed by atoms with E-state index < -0.39 is 0 Å². The summed E-state index contributed by atoms with van der Waals surface area (Å²) in [5.41, 5.74) is 0. The lowest BCUT2D eigenvalue weighted by molar-refractivity contribution is -0.127. The fourth-order valence-corrected chi connectivity index (χ4v) is 5.27. The molecule has 28 heavy (non-hydrogen) atoms. The normalized spacial score (nSPS) is 26.1. The standard InChI is InChI=1S/C21H33N5OS/c1-24(2)20(27)14-23-21(22-13-18-6-4-12-28-18)25-11-9-19-16(15-25)5-3-10-26(19)17-7-8-17/h4,6,12,16-17,19H,3,5,7-11,13-15H2,1-2H3,(H,22,23). The molecule has 1 N–H and O–H groups in total. The van der Waals surface area contributed by atoms with Crippen LogP contribution in [0.5, 0.6) is 0 Å². The number of thiophene rings is 1. The second kappa shape index (κ2) is 8.82. The number of amides is 1. The Labute approximate surface area is 172 Å². The maximum absolute atomic E-state index is 12.1. The van der Waals surface area contributed by atoms with Gasteiger partial charge in [0.2, 0.25) is 5.91 Å². The van der Waals surface area contributed by atoms with Crippen LogP contribution in [0.25, 0.3) is 0 Å². The van der Waals surface area contributed by atoms with Crippen LogP contribution in [0.3, 0.4) is 0 Å². The van der Waals surface area contributed by atoms with E-state index in [1.54, 1.807) is 30.3 Å². The van der Waals surface area contributed by atoms with E-state index in [0.717, 1.165) is 43.6 Å². The molecule has 1 saturated carbocycles. The zero-order chi connectivity index (χ0) is 19.5. The molecule has 2 unspecified atom stereocenters. The molecule has 0 spiro atoms. The number of carbonyl (C=O) groups is 1. The van der Waals surface area contributed by atoms with Crippen LogP contribution in [0.15, 0.2) is 22.5 Å². The van der Waals surface area contributed by atoms with E-state index in [2.05, 4.69) is 32.6 Å². The van der Waals surface area contributed by atoms with Crippen molar-refractivity contribution in [3.63, 3.8) is 0 Å². The van der Waals surface area contributed by atoms with Crippen LogP contribution in [0, 0.1) is 5.92 Å². The quantitative estimate of drug-likeness (QED) is 0.605. The fourth-order valence-electron chi connectivity index (χ4n) is 4.62. The third-order valence-electron chi connectivity index (χ3n) is 6.29. The molecule has 1 aromatic heterocycles. The molecular weight excluding hydrogens is 370 g/mol. The molecule has 6 nitrogen and oxygen atoms in total. The van der Waals surface area contributed by atoms with E-state index in [1.165, 1.54) is 43.5 Å². The van der Waals surface area contributed by atoms with Gasteiger partial charge >= 0.3 is 0 Å². The van der Waals surface area contributed by atoms with Gasteiger partial charge in [-0.2, -0.15) is 0 Å². The van der Waals surface area contributed by atoms with Crippen molar-refractivity contribution in [2.24, 2.45) is 10.9 Å². The minimum atomic E-state index is 0.0443. The smallest absolute Gasteiger partial charge is 0.243 e. The monoisotopic (exact) mass is 403 g/mol. The first-order chi connectivity index (χ1) is 13.6. The molecule has 3 heterocycles. The summed E-state index contributed by atoms with van der Waals surface area (Å²) in [6, 6.07) is 5.83. The van der Waals surface area contributed by atoms with Crippen LogP contribution in [-0.4, -0.2) is 78.9 Å². The number of likely N-dealkylation sites (N-methyl/N-ethyl adjacent to an activating group) is 1. The van der Waals surface area contributed by atoms with Crippen molar-refractivity contribution in [2.75, 3.05) is 40.3 Å². The summed E-state index contributed by atoms with van der Waals surface area (Å²) in [6.45, 7) is 4.35. The molecule has 1 aliphatic carbocycles. The van der Waals surface area contributed by atoms with Gasteiger partial charge in [0.05, 0.1) is 6.54 Å². The summed E-state index contributed by atoms with van der Waals surface area (Å²) >= 11 is 1.75. The van der Waals surface area contributed by atoms with Gasteiger partial charge in [-0.3, -0.25) is 9.69 Å². The van der Waals surface area contributed by atoms with Crippen molar-refractivity contribution in [3.8, 4) is 0 Å². The molecule has 2 atom stereocenters. The second-order valence-electron chi connectivity index (χ2n) is 8.53. The van der Waals surface area contributed by atoms with Gasteiger partial charge in [-0.05, 0) is 56.0 Å². The number of nitrogens with zero attached hydrogens (tertiary/aromatic N) is 4. The number of piperidine rings is 2. The Morgan fingerprint density at radius 2 is 2.14 bits per heavy atom. The summed E-state index contributed by atoms with van der Waals surface area (Å²) in [6.07, 6.45) is 6.64. The van der Waals surface area contributed by atoms with Crippen molar-refractivity contribution >= 4 is 23.2 Å². The molecule has 0 radical (unpaired) electrons. The highest BCUT2D eigenvalue weighted by molar-refractivity contribution is 7.09. The average molecular weight is 404 g/mol. The number of likely N-dealkylation sites (tertiary alicyclic amines) is 2. The SMILES string of the molecule is CN(C)C(=O)CN=C(NCc1cccs1)N1CCC2C(CCCN2C2CC2)C1. The number of fused-ring (bicyclic) bond motifs is 1. The van der Waals surface area contributed by atoms with E-state index >= 15 is 0 Å². The first kappa shape index (κ1) is 19.7. The Balaban J connectivity index is 1.42. The van der Waals surface area contributed by atoms with Gasteiger partial charge in [-0.15, -0.1) is 11.3 Å². The van der Waals surface area contributed by atoms with Gasteiger partial charge in [0.25, 0.3) is 0 Å².